The Hall–Kier alpha value is -1.13. The average molecular weight is 760 g/mol. The second-order valence-corrected chi connectivity index (χ2v) is 16.9. The van der Waals surface area contributed by atoms with Gasteiger partial charge in [-0.2, -0.15) is 0 Å². The fourth-order valence-electron chi connectivity index (χ4n) is 7.69. The number of hydrogen-bond donors (Lipinski definition) is 3. The van der Waals surface area contributed by atoms with Gasteiger partial charge in [-0.3, -0.25) is 4.79 Å². The molecule has 0 aromatic rings. The number of carbonyl (C=O) groups excluding carboxylic acids is 1. The highest BCUT2D eigenvalue weighted by Gasteiger charge is 2.20. The number of aliphatic hydroxyl groups is 2. The van der Waals surface area contributed by atoms with Crippen LogP contribution < -0.4 is 5.32 Å². The molecule has 0 aliphatic heterocycles. The third kappa shape index (κ3) is 42.0. The van der Waals surface area contributed by atoms with E-state index in [2.05, 4.69) is 43.5 Å². The summed E-state index contributed by atoms with van der Waals surface area (Å²) in [6.45, 7) is 4.37. The van der Waals surface area contributed by atoms with Crippen molar-refractivity contribution in [1.29, 1.82) is 0 Å². The first-order chi connectivity index (χ1) is 26.7. The minimum atomic E-state index is -0.659. The van der Waals surface area contributed by atoms with E-state index in [-0.39, 0.29) is 12.5 Å². The lowest BCUT2D eigenvalue weighted by atomic mass is 10.0. The Morgan fingerprint density at radius 2 is 0.759 bits per heavy atom. The second kappa shape index (κ2) is 46.3. The summed E-state index contributed by atoms with van der Waals surface area (Å²) in [6.07, 6.45) is 59.8. The molecule has 54 heavy (non-hydrogen) atoms. The fraction of sp³-hybridized carbons (Fsp3) is 0.900. The summed E-state index contributed by atoms with van der Waals surface area (Å²) in [7, 11) is 0. The number of allylic oxidation sites excluding steroid dienone is 4. The SMILES string of the molecule is CCCCCCC/C=C\C/C=C\CCCCCCCCCCCCCC(=O)NC(CO)C(O)CCCCCCCCCCCCCCCCCCCCC. The molecule has 3 N–H and O–H groups in total. The Bertz CT molecular complexity index is 780. The second-order valence-electron chi connectivity index (χ2n) is 16.9. The lowest BCUT2D eigenvalue weighted by molar-refractivity contribution is -0.123. The zero-order valence-electron chi connectivity index (χ0n) is 36.8. The smallest absolute Gasteiger partial charge is 0.220 e. The van der Waals surface area contributed by atoms with Crippen molar-refractivity contribution in [3.8, 4) is 0 Å². The number of rotatable bonds is 45. The summed E-state index contributed by atoms with van der Waals surface area (Å²) in [6, 6.07) is -0.536. The minimum Gasteiger partial charge on any atom is -0.394 e. The topological polar surface area (TPSA) is 69.6 Å². The summed E-state index contributed by atoms with van der Waals surface area (Å²) in [5.74, 6) is -0.0305. The zero-order valence-corrected chi connectivity index (χ0v) is 36.8. The molecule has 2 atom stereocenters. The molecule has 1 amide bonds. The standard InChI is InChI=1S/C50H97NO3/c1-3-5-7-9-11-13-15-17-19-21-23-24-25-26-28-30-32-34-36-38-40-42-44-46-50(54)51-48(47-52)49(53)45-43-41-39-37-35-33-31-29-27-22-20-18-16-14-12-10-8-6-4-2/h15,17,21,23,48-49,52-53H,3-14,16,18-20,22,24-47H2,1-2H3,(H,51,54)/b17-15-,23-21-. The highest BCUT2D eigenvalue weighted by molar-refractivity contribution is 5.76. The summed E-state index contributed by atoms with van der Waals surface area (Å²) < 4.78 is 0. The Labute approximate surface area is 339 Å². The van der Waals surface area contributed by atoms with Gasteiger partial charge in [0.1, 0.15) is 0 Å². The van der Waals surface area contributed by atoms with E-state index >= 15 is 0 Å². The Morgan fingerprint density at radius 1 is 0.444 bits per heavy atom. The van der Waals surface area contributed by atoms with E-state index in [1.807, 2.05) is 0 Å². The molecule has 0 aliphatic carbocycles. The third-order valence-electron chi connectivity index (χ3n) is 11.5. The Balaban J connectivity index is 3.48. The van der Waals surface area contributed by atoms with E-state index in [1.165, 1.54) is 212 Å². The molecule has 4 nitrogen and oxygen atoms in total. The first-order valence-corrected chi connectivity index (χ1v) is 24.5. The van der Waals surface area contributed by atoms with Gasteiger partial charge in [-0.25, -0.2) is 0 Å². The van der Waals surface area contributed by atoms with Crippen molar-refractivity contribution in [2.24, 2.45) is 0 Å². The fourth-order valence-corrected chi connectivity index (χ4v) is 7.69. The molecule has 0 aromatic heterocycles. The van der Waals surface area contributed by atoms with Gasteiger partial charge < -0.3 is 15.5 Å². The van der Waals surface area contributed by atoms with Crippen molar-refractivity contribution in [3.63, 3.8) is 0 Å². The van der Waals surface area contributed by atoms with Crippen LogP contribution in [-0.4, -0.2) is 34.9 Å². The van der Waals surface area contributed by atoms with Crippen LogP contribution in [0, 0.1) is 0 Å². The Kier molecular flexibility index (Phi) is 45.3. The largest absolute Gasteiger partial charge is 0.394 e. The normalized spacial score (nSPS) is 13.0. The van der Waals surface area contributed by atoms with Gasteiger partial charge in [0.2, 0.25) is 5.91 Å². The molecule has 0 radical (unpaired) electrons. The van der Waals surface area contributed by atoms with Gasteiger partial charge in [-0.15, -0.1) is 0 Å². The van der Waals surface area contributed by atoms with Crippen LogP contribution in [-0.2, 0) is 4.79 Å². The first kappa shape index (κ1) is 52.9. The van der Waals surface area contributed by atoms with E-state index < -0.39 is 12.1 Å². The van der Waals surface area contributed by atoms with Crippen LogP contribution in [0.2, 0.25) is 0 Å². The Morgan fingerprint density at radius 3 is 1.11 bits per heavy atom. The van der Waals surface area contributed by atoms with Crippen LogP contribution in [0.5, 0.6) is 0 Å². The summed E-state index contributed by atoms with van der Waals surface area (Å²) in [5.41, 5.74) is 0. The molecule has 0 aliphatic rings. The molecule has 320 valence electrons. The molecule has 4 heteroatoms. The molecule has 0 rings (SSSR count). The highest BCUT2D eigenvalue weighted by Crippen LogP contribution is 2.17. The van der Waals surface area contributed by atoms with E-state index in [0.717, 1.165) is 32.1 Å². The number of unbranched alkanes of at least 4 members (excludes halogenated alkanes) is 34. The van der Waals surface area contributed by atoms with Gasteiger partial charge in [0.15, 0.2) is 0 Å². The van der Waals surface area contributed by atoms with Crippen molar-refractivity contribution < 1.29 is 15.0 Å². The van der Waals surface area contributed by atoms with E-state index in [0.29, 0.717) is 12.8 Å². The molecule has 0 heterocycles. The number of amides is 1. The molecular weight excluding hydrogens is 663 g/mol. The van der Waals surface area contributed by atoms with Crippen LogP contribution in [0.4, 0.5) is 0 Å². The zero-order chi connectivity index (χ0) is 39.3. The summed E-state index contributed by atoms with van der Waals surface area (Å²) in [4.78, 5) is 12.4. The van der Waals surface area contributed by atoms with Gasteiger partial charge in [0.25, 0.3) is 0 Å². The number of nitrogens with one attached hydrogen (secondary N) is 1. The molecule has 0 aromatic carbocycles. The monoisotopic (exact) mass is 760 g/mol. The van der Waals surface area contributed by atoms with E-state index in [9.17, 15) is 15.0 Å². The minimum absolute atomic E-state index is 0.0305. The number of carbonyl (C=O) groups is 1. The number of aliphatic hydroxyl groups excluding tert-OH is 2. The lowest BCUT2D eigenvalue weighted by Crippen LogP contribution is -2.45. The van der Waals surface area contributed by atoms with Gasteiger partial charge in [-0.05, 0) is 44.9 Å². The van der Waals surface area contributed by atoms with Crippen LogP contribution in [0.3, 0.4) is 0 Å². The highest BCUT2D eigenvalue weighted by atomic mass is 16.3. The lowest BCUT2D eigenvalue weighted by Gasteiger charge is -2.22. The average Bonchev–Trinajstić information content (AvgIpc) is 3.18. The molecule has 0 saturated heterocycles. The maximum absolute atomic E-state index is 12.4. The summed E-state index contributed by atoms with van der Waals surface area (Å²) in [5, 5.41) is 23.3. The van der Waals surface area contributed by atoms with Crippen LogP contribution in [0.25, 0.3) is 0 Å². The van der Waals surface area contributed by atoms with Gasteiger partial charge in [0, 0.05) is 6.42 Å². The molecule has 0 fully saturated rings. The quantitative estimate of drug-likeness (QED) is 0.0428. The van der Waals surface area contributed by atoms with Crippen molar-refractivity contribution >= 4 is 5.91 Å². The van der Waals surface area contributed by atoms with Gasteiger partial charge in [-0.1, -0.05) is 244 Å². The molecule has 0 saturated carbocycles. The molecule has 0 bridgehead atoms. The third-order valence-corrected chi connectivity index (χ3v) is 11.5. The van der Waals surface area contributed by atoms with Crippen molar-refractivity contribution in [3.05, 3.63) is 24.3 Å². The van der Waals surface area contributed by atoms with E-state index in [4.69, 9.17) is 0 Å². The maximum atomic E-state index is 12.4. The van der Waals surface area contributed by atoms with Crippen molar-refractivity contribution in [1.82, 2.24) is 5.32 Å². The predicted molar refractivity (Wildman–Crippen MR) is 239 cm³/mol. The predicted octanol–water partition coefficient (Wildman–Crippen LogP) is 15.6. The molecule has 0 spiro atoms. The van der Waals surface area contributed by atoms with Crippen LogP contribution >= 0.6 is 0 Å². The first-order valence-electron chi connectivity index (χ1n) is 24.5. The number of hydrogen-bond acceptors (Lipinski definition) is 3. The van der Waals surface area contributed by atoms with Gasteiger partial charge >= 0.3 is 0 Å². The van der Waals surface area contributed by atoms with Gasteiger partial charge in [0.05, 0.1) is 18.8 Å². The van der Waals surface area contributed by atoms with Crippen molar-refractivity contribution in [2.75, 3.05) is 6.61 Å². The summed E-state index contributed by atoms with van der Waals surface area (Å²) >= 11 is 0. The van der Waals surface area contributed by atoms with E-state index in [1.54, 1.807) is 0 Å². The van der Waals surface area contributed by atoms with Crippen molar-refractivity contribution in [2.45, 2.75) is 283 Å². The van der Waals surface area contributed by atoms with Crippen LogP contribution in [0.15, 0.2) is 24.3 Å². The maximum Gasteiger partial charge on any atom is 0.220 e. The molecule has 2 unspecified atom stereocenters. The van der Waals surface area contributed by atoms with Crippen LogP contribution in [0.1, 0.15) is 271 Å². The molecular formula is C50H97NO3.